The summed E-state index contributed by atoms with van der Waals surface area (Å²) >= 11 is 0. The molecule has 0 atom stereocenters. The second kappa shape index (κ2) is 4.84. The van der Waals surface area contributed by atoms with E-state index in [1.165, 1.54) is 58.0 Å². The van der Waals surface area contributed by atoms with Crippen LogP contribution < -0.4 is 5.43 Å². The highest BCUT2D eigenvalue weighted by molar-refractivity contribution is 4.87. The third-order valence-corrected chi connectivity index (χ3v) is 4.18. The van der Waals surface area contributed by atoms with Gasteiger partial charge in [0.25, 0.3) is 0 Å². The van der Waals surface area contributed by atoms with E-state index in [9.17, 15) is 0 Å². The van der Waals surface area contributed by atoms with E-state index in [-0.39, 0.29) is 0 Å². The third kappa shape index (κ3) is 2.94. The number of nitrogens with zero attached hydrogens (tertiary/aromatic N) is 1. The SMILES string of the molecule is CC(C)NN1CCC2(CCCCC2)CC1. The zero-order valence-corrected chi connectivity index (χ0v) is 10.4. The van der Waals surface area contributed by atoms with Gasteiger partial charge in [0.1, 0.15) is 0 Å². The standard InChI is InChI=1S/C13H26N2/c1-12(2)14-15-10-8-13(9-11-15)6-4-3-5-7-13/h12,14H,3-11H2,1-2H3. The van der Waals surface area contributed by atoms with Crippen molar-refractivity contribution in [1.82, 2.24) is 10.4 Å². The van der Waals surface area contributed by atoms with E-state index in [1.807, 2.05) is 0 Å². The van der Waals surface area contributed by atoms with Crippen LogP contribution in [0.25, 0.3) is 0 Å². The van der Waals surface area contributed by atoms with Crippen LogP contribution in [0.2, 0.25) is 0 Å². The van der Waals surface area contributed by atoms with Crippen LogP contribution in [0.3, 0.4) is 0 Å². The quantitative estimate of drug-likeness (QED) is 0.754. The molecule has 0 unspecified atom stereocenters. The molecule has 0 aromatic rings. The zero-order valence-electron chi connectivity index (χ0n) is 10.4. The summed E-state index contributed by atoms with van der Waals surface area (Å²) in [7, 11) is 0. The highest BCUT2D eigenvalue weighted by atomic mass is 15.5. The Labute approximate surface area is 94.4 Å². The second-order valence-corrected chi connectivity index (χ2v) is 5.83. The molecule has 2 nitrogen and oxygen atoms in total. The molecule has 1 aliphatic carbocycles. The summed E-state index contributed by atoms with van der Waals surface area (Å²) in [4.78, 5) is 0. The smallest absolute Gasteiger partial charge is 0.0158 e. The van der Waals surface area contributed by atoms with Crippen LogP contribution in [-0.4, -0.2) is 24.1 Å². The molecule has 2 heteroatoms. The van der Waals surface area contributed by atoms with Gasteiger partial charge < -0.3 is 0 Å². The first-order chi connectivity index (χ1) is 7.20. The van der Waals surface area contributed by atoms with E-state index < -0.39 is 0 Å². The average molecular weight is 210 g/mol. The molecule has 1 N–H and O–H groups in total. The largest absolute Gasteiger partial charge is 0.253 e. The van der Waals surface area contributed by atoms with Crippen molar-refractivity contribution in [3.63, 3.8) is 0 Å². The Hall–Kier alpha value is -0.0800. The molecule has 0 bridgehead atoms. The molecule has 2 aliphatic rings. The summed E-state index contributed by atoms with van der Waals surface area (Å²) in [5.41, 5.74) is 4.28. The monoisotopic (exact) mass is 210 g/mol. The van der Waals surface area contributed by atoms with Crippen LogP contribution in [0, 0.1) is 5.41 Å². The predicted octanol–water partition coefficient (Wildman–Crippen LogP) is 2.95. The molecule has 1 spiro atoms. The fraction of sp³-hybridized carbons (Fsp3) is 1.00. The summed E-state index contributed by atoms with van der Waals surface area (Å²) in [5.74, 6) is 0. The Kier molecular flexibility index (Phi) is 3.68. The lowest BCUT2D eigenvalue weighted by Gasteiger charge is -2.44. The third-order valence-electron chi connectivity index (χ3n) is 4.18. The molecule has 0 aromatic carbocycles. The Morgan fingerprint density at radius 2 is 1.53 bits per heavy atom. The molecular weight excluding hydrogens is 184 g/mol. The maximum absolute atomic E-state index is 3.54. The van der Waals surface area contributed by atoms with Crippen molar-refractivity contribution >= 4 is 0 Å². The molecule has 0 aromatic heterocycles. The van der Waals surface area contributed by atoms with E-state index in [0.29, 0.717) is 6.04 Å². The molecule has 0 amide bonds. The number of hydrazine groups is 1. The van der Waals surface area contributed by atoms with Gasteiger partial charge >= 0.3 is 0 Å². The molecule has 1 saturated heterocycles. The normalized spacial score (nSPS) is 27.4. The molecule has 15 heavy (non-hydrogen) atoms. The van der Waals surface area contributed by atoms with Crippen LogP contribution in [0.15, 0.2) is 0 Å². The first-order valence-corrected chi connectivity index (χ1v) is 6.71. The van der Waals surface area contributed by atoms with Gasteiger partial charge in [0.2, 0.25) is 0 Å². The minimum atomic E-state index is 0.588. The average Bonchev–Trinajstić information content (AvgIpc) is 2.23. The van der Waals surface area contributed by atoms with E-state index in [4.69, 9.17) is 0 Å². The van der Waals surface area contributed by atoms with Crippen LogP contribution in [0.1, 0.15) is 58.8 Å². The minimum Gasteiger partial charge on any atom is -0.253 e. The molecule has 2 fully saturated rings. The highest BCUT2D eigenvalue weighted by Crippen LogP contribution is 2.44. The molecule has 88 valence electrons. The number of piperidine rings is 1. The minimum absolute atomic E-state index is 0.588. The number of nitrogens with one attached hydrogen (secondary N) is 1. The lowest BCUT2D eigenvalue weighted by molar-refractivity contribution is 0.0338. The summed E-state index contributed by atoms with van der Waals surface area (Å²) < 4.78 is 0. The highest BCUT2D eigenvalue weighted by Gasteiger charge is 2.35. The summed E-state index contributed by atoms with van der Waals surface area (Å²) in [6, 6.07) is 0.588. The topological polar surface area (TPSA) is 15.3 Å². The fourth-order valence-electron chi connectivity index (χ4n) is 3.28. The van der Waals surface area contributed by atoms with Crippen LogP contribution in [0.5, 0.6) is 0 Å². The lowest BCUT2D eigenvalue weighted by atomic mass is 9.68. The van der Waals surface area contributed by atoms with Gasteiger partial charge in [0, 0.05) is 19.1 Å². The van der Waals surface area contributed by atoms with E-state index in [2.05, 4.69) is 24.3 Å². The maximum atomic E-state index is 3.54. The van der Waals surface area contributed by atoms with Crippen molar-refractivity contribution in [1.29, 1.82) is 0 Å². The molecule has 1 aliphatic heterocycles. The van der Waals surface area contributed by atoms with Gasteiger partial charge in [-0.2, -0.15) is 0 Å². The Bertz CT molecular complexity index is 185. The van der Waals surface area contributed by atoms with Crippen LogP contribution in [0.4, 0.5) is 0 Å². The van der Waals surface area contributed by atoms with Crippen molar-refractivity contribution in [2.24, 2.45) is 5.41 Å². The lowest BCUT2D eigenvalue weighted by Crippen LogP contribution is -2.49. The van der Waals surface area contributed by atoms with E-state index in [0.717, 1.165) is 5.41 Å². The van der Waals surface area contributed by atoms with Gasteiger partial charge in [0.15, 0.2) is 0 Å². The Balaban J connectivity index is 1.80. The van der Waals surface area contributed by atoms with Gasteiger partial charge in [-0.25, -0.2) is 5.01 Å². The second-order valence-electron chi connectivity index (χ2n) is 5.83. The van der Waals surface area contributed by atoms with Gasteiger partial charge in [0.05, 0.1) is 0 Å². The molecule has 1 saturated carbocycles. The first kappa shape index (κ1) is 11.4. The zero-order chi connectivity index (χ0) is 10.7. The number of hydrogen-bond donors (Lipinski definition) is 1. The van der Waals surface area contributed by atoms with Gasteiger partial charge in [-0.1, -0.05) is 19.3 Å². The van der Waals surface area contributed by atoms with Crippen molar-refractivity contribution < 1.29 is 0 Å². The summed E-state index contributed by atoms with van der Waals surface area (Å²) in [5, 5.41) is 2.44. The van der Waals surface area contributed by atoms with Crippen LogP contribution in [-0.2, 0) is 0 Å². The van der Waals surface area contributed by atoms with Gasteiger partial charge in [-0.3, -0.25) is 5.43 Å². The molecule has 2 rings (SSSR count). The predicted molar refractivity (Wildman–Crippen MR) is 64.6 cm³/mol. The van der Waals surface area contributed by atoms with Crippen molar-refractivity contribution in [2.75, 3.05) is 13.1 Å². The van der Waals surface area contributed by atoms with E-state index in [1.54, 1.807) is 0 Å². The molecule has 1 heterocycles. The fourth-order valence-corrected chi connectivity index (χ4v) is 3.28. The van der Waals surface area contributed by atoms with Crippen molar-refractivity contribution in [3.05, 3.63) is 0 Å². The van der Waals surface area contributed by atoms with Crippen LogP contribution >= 0.6 is 0 Å². The number of hydrogen-bond acceptors (Lipinski definition) is 2. The van der Waals surface area contributed by atoms with Gasteiger partial charge in [-0.05, 0) is 44.9 Å². The summed E-state index contributed by atoms with van der Waals surface area (Å²) in [6.45, 7) is 6.98. The number of rotatable bonds is 2. The van der Waals surface area contributed by atoms with E-state index >= 15 is 0 Å². The summed E-state index contributed by atoms with van der Waals surface area (Å²) in [6.07, 6.45) is 10.3. The molecule has 0 radical (unpaired) electrons. The van der Waals surface area contributed by atoms with Gasteiger partial charge in [-0.15, -0.1) is 0 Å². The molecular formula is C13H26N2. The first-order valence-electron chi connectivity index (χ1n) is 6.71. The maximum Gasteiger partial charge on any atom is 0.0158 e. The van der Waals surface area contributed by atoms with Crippen molar-refractivity contribution in [3.8, 4) is 0 Å². The Morgan fingerprint density at radius 1 is 0.933 bits per heavy atom. The van der Waals surface area contributed by atoms with Crippen molar-refractivity contribution in [2.45, 2.75) is 64.8 Å². The Morgan fingerprint density at radius 3 is 2.07 bits per heavy atom.